The van der Waals surface area contributed by atoms with Gasteiger partial charge in [-0.15, -0.1) is 0 Å². The summed E-state index contributed by atoms with van der Waals surface area (Å²) in [6.45, 7) is 9.53. The normalized spacial score (nSPS) is 14.9. The molecule has 1 aliphatic rings. The number of carbonyl (C=O) groups is 7. The number of rotatable bonds is 19. The molecule has 1 heterocycles. The van der Waals surface area contributed by atoms with E-state index in [0.29, 0.717) is 17.5 Å². The molecule has 0 saturated heterocycles. The molecule has 2 aromatic rings. The number of aryl methyl sites for hydroxylation is 1. The molecule has 0 saturated carbocycles. The maximum Gasteiger partial charge on any atom is 0.248 e. The van der Waals surface area contributed by atoms with Crippen molar-refractivity contribution >= 4 is 46.9 Å². The summed E-state index contributed by atoms with van der Waals surface area (Å²) in [6, 6.07) is 2.20. The number of halogens is 1. The van der Waals surface area contributed by atoms with Gasteiger partial charge < -0.3 is 41.9 Å². The lowest BCUT2D eigenvalue weighted by Gasteiger charge is -2.41. The molecule has 59 heavy (non-hydrogen) atoms. The summed E-state index contributed by atoms with van der Waals surface area (Å²) in [4.78, 5) is 97.9. The Labute approximate surface area is 344 Å². The van der Waals surface area contributed by atoms with Gasteiger partial charge in [-0.05, 0) is 91.1 Å². The number of amides is 7. The molecule has 3 rings (SSSR count). The van der Waals surface area contributed by atoms with Crippen molar-refractivity contribution in [1.29, 1.82) is 0 Å². The third-order valence-electron chi connectivity index (χ3n) is 10.1. The summed E-state index contributed by atoms with van der Waals surface area (Å²) >= 11 is 0. The molecule has 320 valence electrons. The number of pyridine rings is 1. The van der Waals surface area contributed by atoms with Crippen LogP contribution < -0.4 is 27.0 Å². The first-order valence-electron chi connectivity index (χ1n) is 19.3. The number of likely N-dealkylation sites (N-methyl/N-ethyl adjacent to an activating group) is 2. The Morgan fingerprint density at radius 3 is 2.19 bits per heavy atom. The number of nitrogens with two attached hydrogens (primary N) is 1. The fourth-order valence-electron chi connectivity index (χ4n) is 6.94. The lowest BCUT2D eigenvalue weighted by Crippen LogP contribution is -2.58. The van der Waals surface area contributed by atoms with Crippen molar-refractivity contribution in [3.05, 3.63) is 83.0 Å². The first-order chi connectivity index (χ1) is 27.7. The number of hydrogen-bond acceptors (Lipinski definition) is 9. The number of nitrogens with one attached hydrogen (secondary N) is 4. The minimum absolute atomic E-state index is 0.00194. The third kappa shape index (κ3) is 13.3. The lowest BCUT2D eigenvalue weighted by molar-refractivity contribution is -0.142. The standard InChI is InChI=1S/C42H57FN8O8/c1-24-9-12-30(43)21-31(24)28-10-11-29(20-28)37(42(4,5)6)51(36(55)23-52)18-15-32(39(57)45-7)48-40(58)33(22-34(44)53)49-38(56)26(3)50(8)41(59)25(2)47-35(54)19-27-13-16-46-17-14-27/h9-10,12-14,16-17,20-21,25-26,32-33,37,52H,11,15,18-19,22-23H2,1-8H3,(H2,44,53)(H,45,57)(H,47,54)(H,48,58)(H,49,56)/t25-,26-,32-,33-,37-/m0/s1. The maximum atomic E-state index is 14.2. The predicted molar refractivity (Wildman–Crippen MR) is 218 cm³/mol. The summed E-state index contributed by atoms with van der Waals surface area (Å²) in [6.07, 6.45) is 6.56. The van der Waals surface area contributed by atoms with Gasteiger partial charge >= 0.3 is 0 Å². The largest absolute Gasteiger partial charge is 0.387 e. The lowest BCUT2D eigenvalue weighted by atomic mass is 9.80. The van der Waals surface area contributed by atoms with Crippen molar-refractivity contribution in [2.75, 3.05) is 27.2 Å². The average molecular weight is 821 g/mol. The molecule has 1 aromatic heterocycles. The highest BCUT2D eigenvalue weighted by Crippen LogP contribution is 2.38. The van der Waals surface area contributed by atoms with Gasteiger partial charge in [0.1, 0.15) is 36.6 Å². The van der Waals surface area contributed by atoms with Gasteiger partial charge in [0.05, 0.1) is 18.9 Å². The van der Waals surface area contributed by atoms with Crippen LogP contribution in [0.2, 0.25) is 0 Å². The van der Waals surface area contributed by atoms with E-state index in [4.69, 9.17) is 5.73 Å². The van der Waals surface area contributed by atoms with E-state index >= 15 is 0 Å². The van der Waals surface area contributed by atoms with Crippen molar-refractivity contribution in [3.63, 3.8) is 0 Å². The second-order valence-corrected chi connectivity index (χ2v) is 15.7. The van der Waals surface area contributed by atoms with Crippen molar-refractivity contribution in [1.82, 2.24) is 36.1 Å². The fraction of sp³-hybridized carbons (Fsp3) is 0.476. The number of aliphatic hydroxyl groups is 1. The quantitative estimate of drug-likeness (QED) is 0.119. The van der Waals surface area contributed by atoms with Crippen LogP contribution in [0.15, 0.2) is 60.5 Å². The second-order valence-electron chi connectivity index (χ2n) is 15.7. The van der Waals surface area contributed by atoms with E-state index < -0.39 is 90.0 Å². The van der Waals surface area contributed by atoms with Gasteiger partial charge in [-0.3, -0.25) is 38.5 Å². The number of nitrogens with zero attached hydrogens (tertiary/aromatic N) is 3. The molecule has 7 N–H and O–H groups in total. The Bertz CT molecular complexity index is 1950. The Kier molecular flexibility index (Phi) is 17.0. The van der Waals surface area contributed by atoms with E-state index in [9.17, 15) is 43.1 Å². The number of primary amides is 1. The van der Waals surface area contributed by atoms with Crippen LogP contribution in [-0.4, -0.2) is 119 Å². The zero-order chi connectivity index (χ0) is 44.2. The van der Waals surface area contributed by atoms with Crippen LogP contribution >= 0.6 is 0 Å². The summed E-state index contributed by atoms with van der Waals surface area (Å²) in [5, 5.41) is 20.1. The number of benzene rings is 1. The van der Waals surface area contributed by atoms with Gasteiger partial charge in [-0.2, -0.15) is 0 Å². The molecule has 0 radical (unpaired) electrons. The van der Waals surface area contributed by atoms with E-state index in [0.717, 1.165) is 21.6 Å². The number of hydrogen-bond donors (Lipinski definition) is 6. The molecule has 5 atom stereocenters. The van der Waals surface area contributed by atoms with E-state index in [-0.39, 0.29) is 25.2 Å². The highest BCUT2D eigenvalue weighted by Gasteiger charge is 2.38. The van der Waals surface area contributed by atoms with Crippen molar-refractivity contribution in [3.8, 4) is 0 Å². The van der Waals surface area contributed by atoms with Crippen LogP contribution in [0.5, 0.6) is 0 Å². The number of aromatic nitrogens is 1. The molecule has 0 bridgehead atoms. The van der Waals surface area contributed by atoms with Crippen molar-refractivity contribution in [2.45, 2.75) is 97.4 Å². The highest BCUT2D eigenvalue weighted by molar-refractivity contribution is 5.97. The van der Waals surface area contributed by atoms with Crippen molar-refractivity contribution < 1.29 is 43.1 Å². The second kappa shape index (κ2) is 21.2. The third-order valence-corrected chi connectivity index (χ3v) is 10.1. The number of aliphatic hydroxyl groups excluding tert-OH is 1. The Balaban J connectivity index is 1.77. The van der Waals surface area contributed by atoms with Crippen LogP contribution in [0.3, 0.4) is 0 Å². The van der Waals surface area contributed by atoms with E-state index in [2.05, 4.69) is 26.3 Å². The van der Waals surface area contributed by atoms with Gasteiger partial charge in [-0.1, -0.05) is 39.0 Å². The average Bonchev–Trinajstić information content (AvgIpc) is 3.66. The maximum absolute atomic E-state index is 14.2. The molecule has 1 aromatic carbocycles. The zero-order valence-corrected chi connectivity index (χ0v) is 34.9. The SMILES string of the molecule is CNC(=O)[C@H](CCN(C(=O)CO)[C@@H](C1=CC(c2cc(F)ccc2C)=CC1)C(C)(C)C)NC(=O)[C@H](CC(N)=O)NC(=O)[C@H](C)N(C)C(=O)[C@H](C)NC(=O)Cc1ccncc1. The Hall–Kier alpha value is -5.97. The zero-order valence-electron chi connectivity index (χ0n) is 34.9. The van der Waals surface area contributed by atoms with E-state index in [1.54, 1.807) is 18.2 Å². The molecule has 0 unspecified atom stereocenters. The Morgan fingerprint density at radius 1 is 0.949 bits per heavy atom. The predicted octanol–water partition coefficient (Wildman–Crippen LogP) is 1.05. The van der Waals surface area contributed by atoms with Gasteiger partial charge in [-0.25, -0.2) is 4.39 Å². The molecule has 17 heteroatoms. The minimum Gasteiger partial charge on any atom is -0.387 e. The summed E-state index contributed by atoms with van der Waals surface area (Å²) in [7, 11) is 2.69. The minimum atomic E-state index is -1.56. The van der Waals surface area contributed by atoms with Crippen LogP contribution in [0.1, 0.15) is 70.6 Å². The first kappa shape index (κ1) is 47.4. The number of allylic oxidation sites excluding steroid dienone is 3. The highest BCUT2D eigenvalue weighted by atomic mass is 19.1. The van der Waals surface area contributed by atoms with Gasteiger partial charge in [0, 0.05) is 33.0 Å². The fourth-order valence-corrected chi connectivity index (χ4v) is 6.94. The molecule has 0 spiro atoms. The topological polar surface area (TPSA) is 233 Å². The smallest absolute Gasteiger partial charge is 0.248 e. The molecule has 16 nitrogen and oxygen atoms in total. The van der Waals surface area contributed by atoms with Crippen LogP contribution in [0.4, 0.5) is 4.39 Å². The molecular formula is C42H57FN8O8. The summed E-state index contributed by atoms with van der Waals surface area (Å²) in [5.41, 5.74) is 8.71. The summed E-state index contributed by atoms with van der Waals surface area (Å²) < 4.78 is 14.2. The monoisotopic (exact) mass is 820 g/mol. The Morgan fingerprint density at radius 2 is 1.59 bits per heavy atom. The molecule has 1 aliphatic carbocycles. The molecule has 0 aliphatic heterocycles. The van der Waals surface area contributed by atoms with Crippen LogP contribution in [0, 0.1) is 18.2 Å². The van der Waals surface area contributed by atoms with Gasteiger partial charge in [0.2, 0.25) is 41.4 Å². The van der Waals surface area contributed by atoms with Gasteiger partial charge in [0.15, 0.2) is 0 Å². The van der Waals surface area contributed by atoms with Crippen molar-refractivity contribution in [2.24, 2.45) is 11.1 Å². The van der Waals surface area contributed by atoms with Crippen LogP contribution in [-0.2, 0) is 40.0 Å². The number of carbonyl (C=O) groups excluding carboxylic acids is 7. The molecule has 0 fully saturated rings. The molecular weight excluding hydrogens is 764 g/mol. The van der Waals surface area contributed by atoms with E-state index in [1.165, 1.54) is 57.4 Å². The summed E-state index contributed by atoms with van der Waals surface area (Å²) in [5.74, 6) is -5.40. The van der Waals surface area contributed by atoms with Gasteiger partial charge in [0.25, 0.3) is 0 Å². The van der Waals surface area contributed by atoms with Crippen LogP contribution in [0.25, 0.3) is 5.57 Å². The molecule has 7 amide bonds. The first-order valence-corrected chi connectivity index (χ1v) is 19.3. The van der Waals surface area contributed by atoms with E-state index in [1.807, 2.05) is 39.8 Å².